The third kappa shape index (κ3) is 7.46. The maximum absolute atomic E-state index is 12.2. The number of amides is 1. The van der Waals surface area contributed by atoms with E-state index in [1.165, 1.54) is 0 Å². The van der Waals surface area contributed by atoms with Gasteiger partial charge in [0.1, 0.15) is 0 Å². The van der Waals surface area contributed by atoms with Crippen LogP contribution < -0.4 is 0 Å². The SMILES string of the molecule is COCCCC(=O)N(CCCC(=O)O)Cc1ccccc1. The summed E-state index contributed by atoms with van der Waals surface area (Å²) in [5, 5.41) is 8.71. The first kappa shape index (κ1) is 17.2. The largest absolute Gasteiger partial charge is 0.481 e. The molecule has 0 fully saturated rings. The third-order valence-corrected chi connectivity index (χ3v) is 3.13. The zero-order valence-electron chi connectivity index (χ0n) is 12.5. The molecule has 0 aromatic heterocycles. The fourth-order valence-electron chi connectivity index (χ4n) is 2.04. The number of nitrogens with zero attached hydrogens (tertiary/aromatic N) is 1. The van der Waals surface area contributed by atoms with Crippen molar-refractivity contribution in [1.82, 2.24) is 4.90 Å². The Kier molecular flexibility index (Phi) is 8.12. The highest BCUT2D eigenvalue weighted by Crippen LogP contribution is 2.09. The molecule has 0 saturated carbocycles. The minimum absolute atomic E-state index is 0.0429. The predicted octanol–water partition coefficient (Wildman–Crippen LogP) is 2.31. The van der Waals surface area contributed by atoms with Gasteiger partial charge in [0.25, 0.3) is 0 Å². The highest BCUT2D eigenvalue weighted by atomic mass is 16.5. The standard InChI is InChI=1S/C16H23NO4/c1-21-12-6-9-15(18)17(11-5-10-16(19)20)13-14-7-3-2-4-8-14/h2-4,7-8H,5-6,9-13H2,1H3,(H,19,20). The summed E-state index contributed by atoms with van der Waals surface area (Å²) in [6.07, 6.45) is 1.65. The summed E-state index contributed by atoms with van der Waals surface area (Å²) in [7, 11) is 1.61. The molecule has 5 heteroatoms. The number of rotatable bonds is 10. The number of carboxylic acids is 1. The van der Waals surface area contributed by atoms with E-state index in [1.807, 2.05) is 30.3 Å². The van der Waals surface area contributed by atoms with E-state index in [9.17, 15) is 9.59 Å². The van der Waals surface area contributed by atoms with Crippen molar-refractivity contribution in [3.8, 4) is 0 Å². The number of benzene rings is 1. The van der Waals surface area contributed by atoms with Crippen molar-refractivity contribution in [2.24, 2.45) is 0 Å². The molecule has 0 heterocycles. The Morgan fingerprint density at radius 1 is 1.14 bits per heavy atom. The summed E-state index contributed by atoms with van der Waals surface area (Å²) < 4.78 is 4.95. The molecule has 0 aliphatic rings. The van der Waals surface area contributed by atoms with Gasteiger partial charge in [-0.3, -0.25) is 9.59 Å². The zero-order valence-corrected chi connectivity index (χ0v) is 12.5. The lowest BCUT2D eigenvalue weighted by atomic mass is 10.2. The van der Waals surface area contributed by atoms with Gasteiger partial charge in [0.05, 0.1) is 0 Å². The van der Waals surface area contributed by atoms with Gasteiger partial charge in [0.2, 0.25) is 5.91 Å². The number of carboxylic acid groups (broad SMARTS) is 1. The first-order chi connectivity index (χ1) is 10.1. The monoisotopic (exact) mass is 293 g/mol. The average molecular weight is 293 g/mol. The van der Waals surface area contributed by atoms with Crippen LogP contribution in [0.15, 0.2) is 30.3 Å². The molecule has 0 aliphatic heterocycles. The molecule has 0 radical (unpaired) electrons. The van der Waals surface area contributed by atoms with Crippen LogP contribution in [0.25, 0.3) is 0 Å². The van der Waals surface area contributed by atoms with Crippen LogP contribution in [0.5, 0.6) is 0 Å². The lowest BCUT2D eigenvalue weighted by Gasteiger charge is -2.22. The molecule has 0 unspecified atom stereocenters. The van der Waals surface area contributed by atoms with E-state index in [0.717, 1.165) is 5.56 Å². The zero-order chi connectivity index (χ0) is 15.5. The van der Waals surface area contributed by atoms with Gasteiger partial charge in [-0.05, 0) is 18.4 Å². The van der Waals surface area contributed by atoms with Gasteiger partial charge < -0.3 is 14.7 Å². The molecule has 5 nitrogen and oxygen atoms in total. The first-order valence-electron chi connectivity index (χ1n) is 7.16. The normalized spacial score (nSPS) is 10.3. The molecular weight excluding hydrogens is 270 g/mol. The van der Waals surface area contributed by atoms with Crippen LogP contribution in [-0.2, 0) is 20.9 Å². The second kappa shape index (κ2) is 9.94. The van der Waals surface area contributed by atoms with Crippen molar-refractivity contribution in [1.29, 1.82) is 0 Å². The number of hydrogen-bond donors (Lipinski definition) is 1. The summed E-state index contributed by atoms with van der Waals surface area (Å²) in [5.41, 5.74) is 1.05. The number of carbonyl (C=O) groups excluding carboxylic acids is 1. The molecule has 1 rings (SSSR count). The summed E-state index contributed by atoms with van der Waals surface area (Å²) in [4.78, 5) is 24.6. The van der Waals surface area contributed by atoms with Gasteiger partial charge in [0, 0.05) is 39.6 Å². The lowest BCUT2D eigenvalue weighted by Crippen LogP contribution is -2.31. The van der Waals surface area contributed by atoms with Gasteiger partial charge in [-0.15, -0.1) is 0 Å². The Bertz CT molecular complexity index is 433. The molecule has 1 aromatic carbocycles. The Hall–Kier alpha value is -1.88. The molecule has 0 bridgehead atoms. The van der Waals surface area contributed by atoms with Crippen molar-refractivity contribution in [2.75, 3.05) is 20.3 Å². The molecule has 1 aromatic rings. The van der Waals surface area contributed by atoms with E-state index >= 15 is 0 Å². The van der Waals surface area contributed by atoms with Crippen LogP contribution in [0, 0.1) is 0 Å². The molecule has 0 saturated heterocycles. The second-order valence-corrected chi connectivity index (χ2v) is 4.89. The topological polar surface area (TPSA) is 66.8 Å². The number of hydrogen-bond acceptors (Lipinski definition) is 3. The molecule has 1 N–H and O–H groups in total. The molecule has 1 amide bonds. The van der Waals surface area contributed by atoms with Crippen LogP contribution in [0.3, 0.4) is 0 Å². The van der Waals surface area contributed by atoms with Crippen LogP contribution in [0.1, 0.15) is 31.2 Å². The number of aliphatic carboxylic acids is 1. The van der Waals surface area contributed by atoms with Crippen molar-refractivity contribution in [3.63, 3.8) is 0 Å². The van der Waals surface area contributed by atoms with Gasteiger partial charge in [-0.1, -0.05) is 30.3 Å². The van der Waals surface area contributed by atoms with Crippen LogP contribution in [0.4, 0.5) is 0 Å². The summed E-state index contributed by atoms with van der Waals surface area (Å²) in [6.45, 7) is 1.54. The lowest BCUT2D eigenvalue weighted by molar-refractivity contribution is -0.138. The predicted molar refractivity (Wildman–Crippen MR) is 79.8 cm³/mol. The van der Waals surface area contributed by atoms with Crippen LogP contribution in [-0.4, -0.2) is 42.1 Å². The Balaban J connectivity index is 2.55. The van der Waals surface area contributed by atoms with E-state index in [2.05, 4.69) is 0 Å². The summed E-state index contributed by atoms with van der Waals surface area (Å²) in [6, 6.07) is 9.72. The maximum atomic E-state index is 12.2. The van der Waals surface area contributed by atoms with E-state index in [4.69, 9.17) is 9.84 Å². The van der Waals surface area contributed by atoms with Crippen molar-refractivity contribution < 1.29 is 19.4 Å². The molecule has 0 atom stereocenters. The van der Waals surface area contributed by atoms with Crippen molar-refractivity contribution in [2.45, 2.75) is 32.2 Å². The Morgan fingerprint density at radius 2 is 1.86 bits per heavy atom. The molecular formula is C16H23NO4. The number of methoxy groups -OCH3 is 1. The molecule has 0 aliphatic carbocycles. The van der Waals surface area contributed by atoms with Crippen LogP contribution in [0.2, 0.25) is 0 Å². The highest BCUT2D eigenvalue weighted by molar-refractivity contribution is 5.76. The van der Waals surface area contributed by atoms with E-state index in [1.54, 1.807) is 12.0 Å². The smallest absolute Gasteiger partial charge is 0.303 e. The quantitative estimate of drug-likeness (QED) is 0.672. The average Bonchev–Trinajstić information content (AvgIpc) is 2.47. The summed E-state index contributed by atoms with van der Waals surface area (Å²) in [5.74, 6) is -0.789. The van der Waals surface area contributed by atoms with Gasteiger partial charge in [0.15, 0.2) is 0 Å². The van der Waals surface area contributed by atoms with Crippen LogP contribution >= 0.6 is 0 Å². The Labute approximate surface area is 125 Å². The third-order valence-electron chi connectivity index (χ3n) is 3.13. The number of carbonyl (C=O) groups is 2. The fraction of sp³-hybridized carbons (Fsp3) is 0.500. The van der Waals surface area contributed by atoms with E-state index < -0.39 is 5.97 Å². The fourth-order valence-corrected chi connectivity index (χ4v) is 2.04. The van der Waals surface area contributed by atoms with Gasteiger partial charge >= 0.3 is 5.97 Å². The summed E-state index contributed by atoms with van der Waals surface area (Å²) >= 11 is 0. The first-order valence-corrected chi connectivity index (χ1v) is 7.16. The highest BCUT2D eigenvalue weighted by Gasteiger charge is 2.14. The van der Waals surface area contributed by atoms with Crippen molar-refractivity contribution in [3.05, 3.63) is 35.9 Å². The van der Waals surface area contributed by atoms with E-state index in [0.29, 0.717) is 39.0 Å². The van der Waals surface area contributed by atoms with Gasteiger partial charge in [-0.25, -0.2) is 0 Å². The Morgan fingerprint density at radius 3 is 2.48 bits per heavy atom. The van der Waals surface area contributed by atoms with E-state index in [-0.39, 0.29) is 12.3 Å². The minimum Gasteiger partial charge on any atom is -0.481 e. The molecule has 116 valence electrons. The molecule has 0 spiro atoms. The second-order valence-electron chi connectivity index (χ2n) is 4.89. The number of ether oxygens (including phenoxy) is 1. The van der Waals surface area contributed by atoms with Gasteiger partial charge in [-0.2, -0.15) is 0 Å². The minimum atomic E-state index is -0.832. The van der Waals surface area contributed by atoms with Crippen molar-refractivity contribution >= 4 is 11.9 Å². The maximum Gasteiger partial charge on any atom is 0.303 e. The molecule has 21 heavy (non-hydrogen) atoms.